The molecular formula is C15H27N3O. The Morgan fingerprint density at radius 2 is 2.16 bits per heavy atom. The Morgan fingerprint density at radius 3 is 2.79 bits per heavy atom. The summed E-state index contributed by atoms with van der Waals surface area (Å²) in [7, 11) is 2.11. The van der Waals surface area contributed by atoms with Gasteiger partial charge in [-0.1, -0.05) is 6.92 Å². The maximum Gasteiger partial charge on any atom is 0.0945 e. The molecule has 1 aliphatic carbocycles. The summed E-state index contributed by atoms with van der Waals surface area (Å²) in [5, 5.41) is 10.6. The van der Waals surface area contributed by atoms with Crippen LogP contribution in [0.1, 0.15) is 39.0 Å². The van der Waals surface area contributed by atoms with Crippen molar-refractivity contribution in [1.29, 1.82) is 0 Å². The van der Waals surface area contributed by atoms with Crippen molar-refractivity contribution in [1.82, 2.24) is 14.5 Å². The van der Waals surface area contributed by atoms with E-state index in [0.717, 1.165) is 44.8 Å². The first-order valence-electron chi connectivity index (χ1n) is 7.44. The molecule has 0 spiro atoms. The molecular weight excluding hydrogens is 238 g/mol. The van der Waals surface area contributed by atoms with E-state index in [1.807, 2.05) is 18.7 Å². The molecule has 1 aliphatic rings. The minimum absolute atomic E-state index is 0.448. The summed E-state index contributed by atoms with van der Waals surface area (Å²) in [6.45, 7) is 5.12. The van der Waals surface area contributed by atoms with E-state index in [-0.39, 0.29) is 0 Å². The smallest absolute Gasteiger partial charge is 0.0945 e. The topological polar surface area (TPSA) is 41.3 Å². The van der Waals surface area contributed by atoms with Gasteiger partial charge in [0.15, 0.2) is 0 Å². The number of hydrogen-bond acceptors (Lipinski definition) is 3. The summed E-state index contributed by atoms with van der Waals surface area (Å²) in [6.07, 6.45) is 11.0. The van der Waals surface area contributed by atoms with Crippen LogP contribution in [0.25, 0.3) is 0 Å². The Morgan fingerprint density at radius 1 is 1.42 bits per heavy atom. The molecule has 1 fully saturated rings. The van der Waals surface area contributed by atoms with Crippen LogP contribution >= 0.6 is 0 Å². The fraction of sp³-hybridized carbons (Fsp3) is 0.800. The average Bonchev–Trinajstić information content (AvgIpc) is 2.86. The number of rotatable bonds is 6. The minimum Gasteiger partial charge on any atom is -0.389 e. The van der Waals surface area contributed by atoms with Gasteiger partial charge in [-0.15, -0.1) is 0 Å². The fourth-order valence-electron chi connectivity index (χ4n) is 2.98. The standard InChI is InChI=1S/C15H27N3O/c1-14-4-6-15(19,7-5-14)12-17(2)9-3-10-18-11-8-16-13-18/h8,11,13-14,19H,3-7,9-10,12H2,1-2H3. The van der Waals surface area contributed by atoms with Crippen LogP contribution in [0, 0.1) is 5.92 Å². The molecule has 1 aromatic rings. The molecule has 0 radical (unpaired) electrons. The fourth-order valence-corrected chi connectivity index (χ4v) is 2.98. The Balaban J connectivity index is 1.67. The Hall–Kier alpha value is -0.870. The Labute approximate surface area is 116 Å². The maximum absolute atomic E-state index is 10.6. The monoisotopic (exact) mass is 265 g/mol. The first-order chi connectivity index (χ1) is 9.07. The van der Waals surface area contributed by atoms with E-state index in [9.17, 15) is 5.11 Å². The summed E-state index contributed by atoms with van der Waals surface area (Å²) in [5.41, 5.74) is -0.448. The van der Waals surface area contributed by atoms with Gasteiger partial charge in [0.25, 0.3) is 0 Å². The van der Waals surface area contributed by atoms with Gasteiger partial charge in [-0.05, 0) is 51.6 Å². The lowest BCUT2D eigenvalue weighted by molar-refractivity contribution is -0.0303. The normalized spacial score (nSPS) is 27.9. The van der Waals surface area contributed by atoms with Crippen LogP contribution in [0.15, 0.2) is 18.7 Å². The molecule has 1 aromatic heterocycles. The van der Waals surface area contributed by atoms with E-state index in [1.165, 1.54) is 12.8 Å². The van der Waals surface area contributed by atoms with Gasteiger partial charge in [-0.25, -0.2) is 4.98 Å². The van der Waals surface area contributed by atoms with Gasteiger partial charge in [-0.3, -0.25) is 0 Å². The highest BCUT2D eigenvalue weighted by atomic mass is 16.3. The minimum atomic E-state index is -0.448. The third-order valence-electron chi connectivity index (χ3n) is 4.28. The summed E-state index contributed by atoms with van der Waals surface area (Å²) < 4.78 is 2.10. The van der Waals surface area contributed by atoms with Gasteiger partial charge in [0.05, 0.1) is 11.9 Å². The van der Waals surface area contributed by atoms with Gasteiger partial charge in [0.1, 0.15) is 0 Å². The van der Waals surface area contributed by atoms with E-state index in [1.54, 1.807) is 0 Å². The summed E-state index contributed by atoms with van der Waals surface area (Å²) >= 11 is 0. The summed E-state index contributed by atoms with van der Waals surface area (Å²) in [6, 6.07) is 0. The van der Waals surface area contributed by atoms with Gasteiger partial charge in [0.2, 0.25) is 0 Å². The summed E-state index contributed by atoms with van der Waals surface area (Å²) in [5.74, 6) is 0.784. The van der Waals surface area contributed by atoms with Crippen molar-refractivity contribution in [3.8, 4) is 0 Å². The molecule has 108 valence electrons. The van der Waals surface area contributed by atoms with Crippen molar-refractivity contribution >= 4 is 0 Å². The van der Waals surface area contributed by atoms with E-state index < -0.39 is 5.60 Å². The number of aromatic nitrogens is 2. The Kier molecular flexibility index (Phi) is 4.99. The van der Waals surface area contributed by atoms with Crippen molar-refractivity contribution in [3.05, 3.63) is 18.7 Å². The SMILES string of the molecule is CC1CCC(O)(CN(C)CCCn2ccnc2)CC1. The highest BCUT2D eigenvalue weighted by Gasteiger charge is 2.32. The molecule has 0 amide bonds. The zero-order valence-electron chi connectivity index (χ0n) is 12.3. The molecule has 0 atom stereocenters. The second kappa shape index (κ2) is 6.53. The second-order valence-electron chi connectivity index (χ2n) is 6.30. The van der Waals surface area contributed by atoms with Gasteiger partial charge in [0, 0.05) is 25.5 Å². The lowest BCUT2D eigenvalue weighted by Crippen LogP contribution is -2.44. The predicted molar refractivity (Wildman–Crippen MR) is 76.9 cm³/mol. The Bertz CT molecular complexity index is 355. The van der Waals surface area contributed by atoms with Crippen molar-refractivity contribution < 1.29 is 5.11 Å². The van der Waals surface area contributed by atoms with Crippen molar-refractivity contribution in [2.45, 2.75) is 51.2 Å². The molecule has 0 unspecified atom stereocenters. The van der Waals surface area contributed by atoms with Crippen molar-refractivity contribution in [2.24, 2.45) is 5.92 Å². The molecule has 19 heavy (non-hydrogen) atoms. The maximum atomic E-state index is 10.6. The number of aliphatic hydroxyl groups is 1. The highest BCUT2D eigenvalue weighted by Crippen LogP contribution is 2.32. The molecule has 0 saturated heterocycles. The number of likely N-dealkylation sites (N-methyl/N-ethyl adjacent to an activating group) is 1. The van der Waals surface area contributed by atoms with Crippen LogP contribution in [0.2, 0.25) is 0 Å². The number of nitrogens with zero attached hydrogens (tertiary/aromatic N) is 3. The number of hydrogen-bond donors (Lipinski definition) is 1. The third kappa shape index (κ3) is 4.62. The van der Waals surface area contributed by atoms with Crippen LogP contribution in [0.5, 0.6) is 0 Å². The van der Waals surface area contributed by atoms with E-state index in [4.69, 9.17) is 0 Å². The molecule has 2 rings (SSSR count). The quantitative estimate of drug-likeness (QED) is 0.857. The van der Waals surface area contributed by atoms with E-state index in [2.05, 4.69) is 28.4 Å². The van der Waals surface area contributed by atoms with Gasteiger partial charge >= 0.3 is 0 Å². The first-order valence-corrected chi connectivity index (χ1v) is 7.44. The van der Waals surface area contributed by atoms with Crippen molar-refractivity contribution in [3.63, 3.8) is 0 Å². The highest BCUT2D eigenvalue weighted by molar-refractivity contribution is 4.86. The molecule has 4 heteroatoms. The van der Waals surface area contributed by atoms with E-state index in [0.29, 0.717) is 0 Å². The third-order valence-corrected chi connectivity index (χ3v) is 4.28. The molecule has 0 aromatic carbocycles. The largest absolute Gasteiger partial charge is 0.389 e. The van der Waals surface area contributed by atoms with Crippen LogP contribution in [-0.2, 0) is 6.54 Å². The molecule has 4 nitrogen and oxygen atoms in total. The molecule has 1 heterocycles. The zero-order chi connectivity index (χ0) is 13.7. The first kappa shape index (κ1) is 14.5. The molecule has 1 N–H and O–H groups in total. The van der Waals surface area contributed by atoms with Gasteiger partial charge < -0.3 is 14.6 Å². The lowest BCUT2D eigenvalue weighted by atomic mass is 9.79. The van der Waals surface area contributed by atoms with Crippen LogP contribution < -0.4 is 0 Å². The number of aryl methyl sites for hydroxylation is 1. The molecule has 0 aliphatic heterocycles. The molecule has 1 saturated carbocycles. The predicted octanol–water partition coefficient (Wildman–Crippen LogP) is 2.15. The number of imidazole rings is 1. The van der Waals surface area contributed by atoms with E-state index >= 15 is 0 Å². The average molecular weight is 265 g/mol. The van der Waals surface area contributed by atoms with Crippen LogP contribution in [0.4, 0.5) is 0 Å². The van der Waals surface area contributed by atoms with Gasteiger partial charge in [-0.2, -0.15) is 0 Å². The zero-order valence-corrected chi connectivity index (χ0v) is 12.3. The van der Waals surface area contributed by atoms with Crippen LogP contribution in [0.3, 0.4) is 0 Å². The van der Waals surface area contributed by atoms with Crippen LogP contribution in [-0.4, -0.2) is 45.3 Å². The molecule has 0 bridgehead atoms. The van der Waals surface area contributed by atoms with Crippen molar-refractivity contribution in [2.75, 3.05) is 20.1 Å². The summed E-state index contributed by atoms with van der Waals surface area (Å²) in [4.78, 5) is 6.31. The lowest BCUT2D eigenvalue weighted by Gasteiger charge is -2.37. The second-order valence-corrected chi connectivity index (χ2v) is 6.30.